The lowest BCUT2D eigenvalue weighted by molar-refractivity contribution is 0.0569. The zero-order chi connectivity index (χ0) is 19.6. The monoisotopic (exact) mass is 377 g/mol. The summed E-state index contributed by atoms with van der Waals surface area (Å²) in [6, 6.07) is 1.95. The van der Waals surface area contributed by atoms with E-state index in [1.165, 1.54) is 0 Å². The molecule has 0 N–H and O–H groups in total. The highest BCUT2D eigenvalue weighted by Crippen LogP contribution is 2.29. The predicted molar refractivity (Wildman–Crippen MR) is 102 cm³/mol. The van der Waals surface area contributed by atoms with E-state index in [2.05, 4.69) is 5.10 Å². The molecule has 8 nitrogen and oxygen atoms in total. The lowest BCUT2D eigenvalue weighted by Crippen LogP contribution is -2.49. The Balaban J connectivity index is 1.77. The number of carbonyl (C=O) groups is 2. The van der Waals surface area contributed by atoms with Gasteiger partial charge in [-0.25, -0.2) is 4.79 Å². The molecule has 2 atom stereocenters. The van der Waals surface area contributed by atoms with Gasteiger partial charge in [0.25, 0.3) is 5.91 Å². The minimum atomic E-state index is 0.0148. The van der Waals surface area contributed by atoms with E-state index in [9.17, 15) is 9.59 Å². The van der Waals surface area contributed by atoms with Crippen LogP contribution in [0, 0.1) is 12.8 Å². The maximum absolute atomic E-state index is 13.3. The van der Waals surface area contributed by atoms with Gasteiger partial charge in [0.1, 0.15) is 5.69 Å². The molecule has 8 heteroatoms. The molecule has 1 aromatic rings. The summed E-state index contributed by atoms with van der Waals surface area (Å²) >= 11 is 0. The van der Waals surface area contributed by atoms with Crippen LogP contribution in [0.2, 0.25) is 0 Å². The molecule has 1 aromatic heterocycles. The van der Waals surface area contributed by atoms with E-state index < -0.39 is 0 Å². The summed E-state index contributed by atoms with van der Waals surface area (Å²) in [6.45, 7) is 7.64. The second kappa shape index (κ2) is 8.29. The topological polar surface area (TPSA) is 70.9 Å². The van der Waals surface area contributed by atoms with Gasteiger partial charge in [0.15, 0.2) is 0 Å². The van der Waals surface area contributed by atoms with Crippen LogP contribution in [-0.4, -0.2) is 89.4 Å². The van der Waals surface area contributed by atoms with E-state index in [1.807, 2.05) is 29.7 Å². The fourth-order valence-corrected chi connectivity index (χ4v) is 4.10. The van der Waals surface area contributed by atoms with Crippen LogP contribution in [0.1, 0.15) is 35.9 Å². The summed E-state index contributed by atoms with van der Waals surface area (Å²) in [4.78, 5) is 31.2. The molecule has 150 valence electrons. The van der Waals surface area contributed by atoms with Crippen molar-refractivity contribution in [3.63, 3.8) is 0 Å². The third kappa shape index (κ3) is 4.26. The van der Waals surface area contributed by atoms with Crippen molar-refractivity contribution in [3.05, 3.63) is 17.5 Å². The fraction of sp³-hybridized carbons (Fsp3) is 0.737. The number of hydrogen-bond acceptors (Lipinski definition) is 4. The number of amides is 3. The summed E-state index contributed by atoms with van der Waals surface area (Å²) < 4.78 is 7.18. The van der Waals surface area contributed by atoms with E-state index in [0.717, 1.165) is 25.1 Å². The van der Waals surface area contributed by atoms with Gasteiger partial charge in [0, 0.05) is 46.4 Å². The lowest BCUT2D eigenvalue weighted by Gasteiger charge is -2.36. The zero-order valence-electron chi connectivity index (χ0n) is 16.8. The molecule has 27 heavy (non-hydrogen) atoms. The highest BCUT2D eigenvalue weighted by Gasteiger charge is 2.39. The number of aromatic nitrogens is 2. The lowest BCUT2D eigenvalue weighted by atomic mass is 9.94. The Hall–Kier alpha value is -2.09. The average Bonchev–Trinajstić information content (AvgIpc) is 2.81. The second-order valence-corrected chi connectivity index (χ2v) is 7.73. The Labute approximate surface area is 161 Å². The van der Waals surface area contributed by atoms with Crippen molar-refractivity contribution in [1.29, 1.82) is 0 Å². The SMILES string of the molecule is CCOCCn1nc(C)cc1C(=O)N1C[C@H]2CC[C@@H]1CN(C(=O)N(C)C)C2. The minimum Gasteiger partial charge on any atom is -0.380 e. The van der Waals surface area contributed by atoms with Crippen LogP contribution in [0.25, 0.3) is 0 Å². The van der Waals surface area contributed by atoms with Crippen LogP contribution in [0.3, 0.4) is 0 Å². The summed E-state index contributed by atoms with van der Waals surface area (Å²) in [7, 11) is 3.55. The molecule has 2 bridgehead atoms. The molecular formula is C19H31N5O3. The molecule has 3 fully saturated rings. The quantitative estimate of drug-likeness (QED) is 0.728. The smallest absolute Gasteiger partial charge is 0.319 e. The number of urea groups is 1. The van der Waals surface area contributed by atoms with Gasteiger partial charge in [-0.3, -0.25) is 9.48 Å². The first-order chi connectivity index (χ1) is 12.9. The van der Waals surface area contributed by atoms with E-state index in [1.54, 1.807) is 23.7 Å². The molecule has 3 saturated heterocycles. The molecular weight excluding hydrogens is 346 g/mol. The molecule has 0 saturated carbocycles. The van der Waals surface area contributed by atoms with Crippen molar-refractivity contribution in [1.82, 2.24) is 24.5 Å². The van der Waals surface area contributed by atoms with Crippen molar-refractivity contribution in [3.8, 4) is 0 Å². The van der Waals surface area contributed by atoms with Crippen LogP contribution in [0.15, 0.2) is 6.07 Å². The number of aryl methyl sites for hydroxylation is 1. The van der Waals surface area contributed by atoms with Gasteiger partial charge >= 0.3 is 6.03 Å². The van der Waals surface area contributed by atoms with Crippen molar-refractivity contribution in [2.24, 2.45) is 5.92 Å². The summed E-state index contributed by atoms with van der Waals surface area (Å²) in [6.07, 6.45) is 2.01. The minimum absolute atomic E-state index is 0.0148. The molecule has 0 radical (unpaired) electrons. The molecule has 4 heterocycles. The van der Waals surface area contributed by atoms with Gasteiger partial charge in [-0.15, -0.1) is 0 Å². The number of piperidine rings is 1. The number of nitrogens with zero attached hydrogens (tertiary/aromatic N) is 5. The van der Waals surface area contributed by atoms with Crippen LogP contribution in [0.5, 0.6) is 0 Å². The Kier molecular flexibility index (Phi) is 6.04. The van der Waals surface area contributed by atoms with Gasteiger partial charge in [-0.1, -0.05) is 0 Å². The van der Waals surface area contributed by atoms with Crippen molar-refractivity contribution < 1.29 is 14.3 Å². The van der Waals surface area contributed by atoms with E-state index in [-0.39, 0.29) is 18.0 Å². The summed E-state index contributed by atoms with van der Waals surface area (Å²) in [5.74, 6) is 0.346. The molecule has 0 aliphatic carbocycles. The molecule has 4 rings (SSSR count). The molecule has 0 aromatic carbocycles. The Morgan fingerprint density at radius 1 is 1.26 bits per heavy atom. The Morgan fingerprint density at radius 3 is 2.74 bits per heavy atom. The first kappa shape index (κ1) is 19.7. The molecule has 3 aliphatic heterocycles. The van der Waals surface area contributed by atoms with Crippen molar-refractivity contribution >= 4 is 11.9 Å². The fourth-order valence-electron chi connectivity index (χ4n) is 4.10. The largest absolute Gasteiger partial charge is 0.380 e. The summed E-state index contributed by atoms with van der Waals surface area (Å²) in [5, 5.41) is 4.47. The number of carbonyl (C=O) groups excluding carboxylic acids is 2. The van der Waals surface area contributed by atoms with Crippen LogP contribution >= 0.6 is 0 Å². The van der Waals surface area contributed by atoms with Gasteiger partial charge in [-0.05, 0) is 38.7 Å². The molecule has 3 aliphatic rings. The van der Waals surface area contributed by atoms with Crippen LogP contribution in [-0.2, 0) is 11.3 Å². The van der Waals surface area contributed by atoms with E-state index >= 15 is 0 Å². The average molecular weight is 377 g/mol. The zero-order valence-corrected chi connectivity index (χ0v) is 16.8. The molecule has 0 spiro atoms. The van der Waals surface area contributed by atoms with E-state index in [4.69, 9.17) is 4.74 Å². The third-order valence-corrected chi connectivity index (χ3v) is 5.40. The molecule has 0 unspecified atom stereocenters. The van der Waals surface area contributed by atoms with Gasteiger partial charge in [0.05, 0.1) is 18.8 Å². The van der Waals surface area contributed by atoms with Gasteiger partial charge in [-0.2, -0.15) is 5.10 Å². The maximum Gasteiger partial charge on any atom is 0.319 e. The van der Waals surface area contributed by atoms with E-state index in [0.29, 0.717) is 44.5 Å². The Morgan fingerprint density at radius 2 is 2.04 bits per heavy atom. The van der Waals surface area contributed by atoms with Crippen molar-refractivity contribution in [2.75, 3.05) is 46.9 Å². The third-order valence-electron chi connectivity index (χ3n) is 5.40. The van der Waals surface area contributed by atoms with Gasteiger partial charge < -0.3 is 19.4 Å². The number of rotatable bonds is 5. The highest BCUT2D eigenvalue weighted by atomic mass is 16.5. The van der Waals surface area contributed by atoms with Crippen LogP contribution < -0.4 is 0 Å². The normalized spacial score (nSPS) is 22.1. The van der Waals surface area contributed by atoms with Gasteiger partial charge in [0.2, 0.25) is 0 Å². The first-order valence-corrected chi connectivity index (χ1v) is 9.80. The van der Waals surface area contributed by atoms with Crippen LogP contribution in [0.4, 0.5) is 4.79 Å². The number of ether oxygens (including phenoxy) is 1. The highest BCUT2D eigenvalue weighted by molar-refractivity contribution is 5.93. The predicted octanol–water partition coefficient (Wildman–Crippen LogP) is 1.45. The Bertz CT molecular complexity index is 687. The maximum atomic E-state index is 13.3. The first-order valence-electron chi connectivity index (χ1n) is 9.80. The second-order valence-electron chi connectivity index (χ2n) is 7.73. The van der Waals surface area contributed by atoms with Crippen molar-refractivity contribution in [2.45, 2.75) is 39.3 Å². The summed E-state index contributed by atoms with van der Waals surface area (Å²) in [5.41, 5.74) is 1.45. The molecule has 3 amide bonds. The number of hydrogen-bond donors (Lipinski definition) is 0. The number of fused-ring (bicyclic) bond motifs is 4. The standard InChI is InChI=1S/C19H31N5O3/c1-5-27-9-8-24-17(10-14(2)20-24)18(25)23-12-15-6-7-16(23)13-22(11-15)19(26)21(3)4/h10,15-16H,5-9,11-13H2,1-4H3/t15-,16+/m0/s1.